The van der Waals surface area contributed by atoms with Crippen molar-refractivity contribution in [1.29, 1.82) is 0 Å². The molecule has 0 saturated carbocycles. The SMILES string of the molecule is CN(Cc1ccc(F)cc1F)CC(N)C(=O)O. The first-order chi connectivity index (χ1) is 7.90. The van der Waals surface area contributed by atoms with Gasteiger partial charge in [0, 0.05) is 24.7 Å². The quantitative estimate of drug-likeness (QED) is 0.804. The first kappa shape index (κ1) is 13.5. The van der Waals surface area contributed by atoms with Gasteiger partial charge in [-0.1, -0.05) is 6.07 Å². The first-order valence-corrected chi connectivity index (χ1v) is 5.01. The van der Waals surface area contributed by atoms with E-state index in [1.807, 2.05) is 0 Å². The molecule has 0 fully saturated rings. The fourth-order valence-electron chi connectivity index (χ4n) is 1.42. The second-order valence-electron chi connectivity index (χ2n) is 3.88. The van der Waals surface area contributed by atoms with Gasteiger partial charge < -0.3 is 10.8 Å². The van der Waals surface area contributed by atoms with Crippen LogP contribution in [0.25, 0.3) is 0 Å². The summed E-state index contributed by atoms with van der Waals surface area (Å²) in [6.45, 7) is 0.263. The van der Waals surface area contributed by atoms with E-state index in [4.69, 9.17) is 10.8 Å². The topological polar surface area (TPSA) is 66.6 Å². The van der Waals surface area contributed by atoms with Crippen LogP contribution >= 0.6 is 0 Å². The molecule has 0 amide bonds. The summed E-state index contributed by atoms with van der Waals surface area (Å²) in [5.41, 5.74) is 5.64. The van der Waals surface area contributed by atoms with Crippen molar-refractivity contribution in [1.82, 2.24) is 4.90 Å². The van der Waals surface area contributed by atoms with E-state index in [-0.39, 0.29) is 13.1 Å². The maximum atomic E-state index is 13.3. The minimum absolute atomic E-state index is 0.0894. The summed E-state index contributed by atoms with van der Waals surface area (Å²) in [5, 5.41) is 8.61. The van der Waals surface area contributed by atoms with Crippen LogP contribution in [-0.2, 0) is 11.3 Å². The predicted octanol–water partition coefficient (Wildman–Crippen LogP) is 0.809. The Kier molecular flexibility index (Phi) is 4.53. The van der Waals surface area contributed by atoms with Crippen LogP contribution in [0, 0.1) is 11.6 Å². The molecule has 0 heterocycles. The lowest BCUT2D eigenvalue weighted by Gasteiger charge is -2.19. The van der Waals surface area contributed by atoms with Crippen molar-refractivity contribution in [2.45, 2.75) is 12.6 Å². The van der Waals surface area contributed by atoms with E-state index in [0.717, 1.165) is 12.1 Å². The number of hydrogen-bond acceptors (Lipinski definition) is 3. The molecule has 1 aromatic rings. The van der Waals surface area contributed by atoms with Crippen LogP contribution in [-0.4, -0.2) is 35.6 Å². The molecule has 1 rings (SSSR count). The molecule has 17 heavy (non-hydrogen) atoms. The van der Waals surface area contributed by atoms with Crippen LogP contribution in [0.5, 0.6) is 0 Å². The van der Waals surface area contributed by atoms with Gasteiger partial charge >= 0.3 is 5.97 Å². The van der Waals surface area contributed by atoms with Crippen LogP contribution in [0.15, 0.2) is 18.2 Å². The van der Waals surface area contributed by atoms with E-state index in [1.54, 1.807) is 11.9 Å². The van der Waals surface area contributed by atoms with Crippen LogP contribution < -0.4 is 5.73 Å². The number of halogens is 2. The Balaban J connectivity index is 2.62. The van der Waals surface area contributed by atoms with E-state index in [1.165, 1.54) is 6.07 Å². The van der Waals surface area contributed by atoms with Crippen molar-refractivity contribution in [3.05, 3.63) is 35.4 Å². The fourth-order valence-corrected chi connectivity index (χ4v) is 1.42. The monoisotopic (exact) mass is 244 g/mol. The fraction of sp³-hybridized carbons (Fsp3) is 0.364. The zero-order chi connectivity index (χ0) is 13.0. The van der Waals surface area contributed by atoms with Gasteiger partial charge in [-0.3, -0.25) is 9.69 Å². The van der Waals surface area contributed by atoms with Crippen molar-refractivity contribution in [2.24, 2.45) is 5.73 Å². The van der Waals surface area contributed by atoms with E-state index < -0.39 is 23.6 Å². The van der Waals surface area contributed by atoms with Gasteiger partial charge in [-0.25, -0.2) is 8.78 Å². The number of nitrogens with zero attached hydrogens (tertiary/aromatic N) is 1. The number of aliphatic carboxylic acids is 1. The molecule has 1 unspecified atom stereocenters. The smallest absolute Gasteiger partial charge is 0.321 e. The lowest BCUT2D eigenvalue weighted by molar-refractivity contribution is -0.138. The highest BCUT2D eigenvalue weighted by atomic mass is 19.1. The standard InChI is InChI=1S/C11H14F2N2O2/c1-15(6-10(14)11(16)17)5-7-2-3-8(12)4-9(7)13/h2-4,10H,5-6,14H2,1H3,(H,16,17). The summed E-state index contributed by atoms with van der Waals surface area (Å²) in [6, 6.07) is 2.25. The summed E-state index contributed by atoms with van der Waals surface area (Å²) in [5.74, 6) is -2.41. The van der Waals surface area contributed by atoms with Gasteiger partial charge in [0.15, 0.2) is 0 Å². The van der Waals surface area contributed by atoms with Gasteiger partial charge in [-0.15, -0.1) is 0 Å². The lowest BCUT2D eigenvalue weighted by atomic mass is 10.2. The normalized spacial score (nSPS) is 12.8. The second kappa shape index (κ2) is 5.70. The lowest BCUT2D eigenvalue weighted by Crippen LogP contribution is -2.40. The highest BCUT2D eigenvalue weighted by molar-refractivity contribution is 5.73. The third kappa shape index (κ3) is 4.08. The zero-order valence-electron chi connectivity index (χ0n) is 9.36. The van der Waals surface area contributed by atoms with Gasteiger partial charge in [-0.2, -0.15) is 0 Å². The van der Waals surface area contributed by atoms with Crippen molar-refractivity contribution in [3.63, 3.8) is 0 Å². The molecule has 0 radical (unpaired) electrons. The van der Waals surface area contributed by atoms with Gasteiger partial charge in [0.05, 0.1) is 0 Å². The van der Waals surface area contributed by atoms with Gasteiger partial charge in [0.25, 0.3) is 0 Å². The minimum atomic E-state index is -1.11. The summed E-state index contributed by atoms with van der Waals surface area (Å²) in [6.07, 6.45) is 0. The third-order valence-corrected chi connectivity index (χ3v) is 2.28. The van der Waals surface area contributed by atoms with E-state index in [9.17, 15) is 13.6 Å². The number of carboxylic acids is 1. The molecule has 3 N–H and O–H groups in total. The largest absolute Gasteiger partial charge is 0.480 e. The number of hydrogen-bond donors (Lipinski definition) is 2. The van der Waals surface area contributed by atoms with Crippen LogP contribution in [0.3, 0.4) is 0 Å². The Labute approximate surface area is 97.6 Å². The maximum absolute atomic E-state index is 13.3. The molecular weight excluding hydrogens is 230 g/mol. The molecule has 0 aromatic heterocycles. The number of benzene rings is 1. The molecule has 4 nitrogen and oxygen atoms in total. The van der Waals surface area contributed by atoms with E-state index >= 15 is 0 Å². The average molecular weight is 244 g/mol. The van der Waals surface area contributed by atoms with E-state index in [2.05, 4.69) is 0 Å². The summed E-state index contributed by atoms with van der Waals surface area (Å²) in [7, 11) is 1.62. The van der Waals surface area contributed by atoms with Crippen molar-refractivity contribution in [3.8, 4) is 0 Å². The van der Waals surface area contributed by atoms with Crippen molar-refractivity contribution >= 4 is 5.97 Å². The summed E-state index contributed by atoms with van der Waals surface area (Å²) < 4.78 is 25.9. The molecule has 0 saturated heterocycles. The molecule has 0 aliphatic rings. The molecule has 0 spiro atoms. The molecule has 1 atom stereocenters. The highest BCUT2D eigenvalue weighted by Gasteiger charge is 2.15. The molecule has 6 heteroatoms. The summed E-state index contributed by atoms with van der Waals surface area (Å²) in [4.78, 5) is 12.1. The molecule has 0 bridgehead atoms. The number of likely N-dealkylation sites (N-methyl/N-ethyl adjacent to an activating group) is 1. The van der Waals surface area contributed by atoms with Crippen molar-refractivity contribution < 1.29 is 18.7 Å². The summed E-state index contributed by atoms with van der Waals surface area (Å²) >= 11 is 0. The molecule has 94 valence electrons. The minimum Gasteiger partial charge on any atom is -0.480 e. The number of nitrogens with two attached hydrogens (primary N) is 1. The Bertz CT molecular complexity index is 412. The van der Waals surface area contributed by atoms with Gasteiger partial charge in [-0.05, 0) is 13.1 Å². The van der Waals surface area contributed by atoms with Gasteiger partial charge in [0.1, 0.15) is 17.7 Å². The van der Waals surface area contributed by atoms with Crippen molar-refractivity contribution in [2.75, 3.05) is 13.6 Å². The van der Waals surface area contributed by atoms with Crippen LogP contribution in [0.4, 0.5) is 8.78 Å². The molecule has 1 aromatic carbocycles. The Morgan fingerprint density at radius 1 is 1.53 bits per heavy atom. The molecule has 0 aliphatic carbocycles. The van der Waals surface area contributed by atoms with Crippen LogP contribution in [0.2, 0.25) is 0 Å². The average Bonchev–Trinajstić information content (AvgIpc) is 2.22. The number of rotatable bonds is 5. The van der Waals surface area contributed by atoms with Gasteiger partial charge in [0.2, 0.25) is 0 Å². The Morgan fingerprint density at radius 3 is 2.71 bits per heavy atom. The number of carbonyl (C=O) groups is 1. The Hall–Kier alpha value is -1.53. The highest BCUT2D eigenvalue weighted by Crippen LogP contribution is 2.11. The predicted molar refractivity (Wildman–Crippen MR) is 58.3 cm³/mol. The number of carboxylic acid groups (broad SMARTS) is 1. The second-order valence-corrected chi connectivity index (χ2v) is 3.88. The first-order valence-electron chi connectivity index (χ1n) is 5.01. The zero-order valence-corrected chi connectivity index (χ0v) is 9.36. The Morgan fingerprint density at radius 2 is 2.18 bits per heavy atom. The van der Waals surface area contributed by atoms with Crippen LogP contribution in [0.1, 0.15) is 5.56 Å². The maximum Gasteiger partial charge on any atom is 0.321 e. The molecular formula is C11H14F2N2O2. The third-order valence-electron chi connectivity index (χ3n) is 2.28. The van der Waals surface area contributed by atoms with E-state index in [0.29, 0.717) is 5.56 Å². The molecule has 0 aliphatic heterocycles.